The number of carbonyl (C=O) groups excluding carboxylic acids is 1. The highest BCUT2D eigenvalue weighted by molar-refractivity contribution is 7.11. The standard InChI is InChI=1S/C16H26N2O2S/c1-12(2)8-15-4-5-16(21-15)11-17-6-7-18(13(3)19)10-14(20)9-17/h4-5,12,14,20H,6-11H2,1-3H3/t14-/m1/s1. The molecule has 0 spiro atoms. The van der Waals surface area contributed by atoms with Gasteiger partial charge in [-0.25, -0.2) is 0 Å². The first kappa shape index (κ1) is 16.5. The van der Waals surface area contributed by atoms with Gasteiger partial charge in [-0.3, -0.25) is 9.69 Å². The number of nitrogens with zero attached hydrogens (tertiary/aromatic N) is 2. The molecule has 1 aliphatic rings. The van der Waals surface area contributed by atoms with E-state index in [1.807, 2.05) is 11.3 Å². The average molecular weight is 310 g/mol. The van der Waals surface area contributed by atoms with Crippen LogP contribution in [0.1, 0.15) is 30.5 Å². The minimum absolute atomic E-state index is 0.0474. The van der Waals surface area contributed by atoms with E-state index in [0.717, 1.165) is 19.5 Å². The van der Waals surface area contributed by atoms with Crippen LogP contribution in [0.4, 0.5) is 0 Å². The lowest BCUT2D eigenvalue weighted by molar-refractivity contribution is -0.129. The van der Waals surface area contributed by atoms with Gasteiger partial charge in [-0.2, -0.15) is 0 Å². The van der Waals surface area contributed by atoms with E-state index in [9.17, 15) is 9.90 Å². The van der Waals surface area contributed by atoms with Gasteiger partial charge in [0.15, 0.2) is 0 Å². The highest BCUT2D eigenvalue weighted by atomic mass is 32.1. The van der Waals surface area contributed by atoms with Crippen LogP contribution in [0.15, 0.2) is 12.1 Å². The summed E-state index contributed by atoms with van der Waals surface area (Å²) in [6.45, 7) is 9.54. The molecule has 0 aliphatic carbocycles. The van der Waals surface area contributed by atoms with Gasteiger partial charge < -0.3 is 10.0 Å². The van der Waals surface area contributed by atoms with Gasteiger partial charge >= 0.3 is 0 Å². The third kappa shape index (κ3) is 5.09. The fraction of sp³-hybridized carbons (Fsp3) is 0.688. The maximum absolute atomic E-state index is 11.5. The van der Waals surface area contributed by atoms with E-state index in [2.05, 4.69) is 30.9 Å². The molecule has 1 atom stereocenters. The lowest BCUT2D eigenvalue weighted by Gasteiger charge is -2.20. The summed E-state index contributed by atoms with van der Waals surface area (Å²) in [5, 5.41) is 10.0. The van der Waals surface area contributed by atoms with Crippen LogP contribution in [0, 0.1) is 5.92 Å². The fourth-order valence-corrected chi connectivity index (χ4v) is 4.00. The Morgan fingerprint density at radius 1 is 1.33 bits per heavy atom. The molecule has 5 heteroatoms. The zero-order valence-corrected chi connectivity index (χ0v) is 14.0. The predicted molar refractivity (Wildman–Crippen MR) is 86.4 cm³/mol. The lowest BCUT2D eigenvalue weighted by Crippen LogP contribution is -2.36. The zero-order chi connectivity index (χ0) is 15.4. The average Bonchev–Trinajstić information content (AvgIpc) is 2.70. The second kappa shape index (κ2) is 7.38. The summed E-state index contributed by atoms with van der Waals surface area (Å²) in [5.74, 6) is 0.729. The van der Waals surface area contributed by atoms with Crippen LogP contribution in [-0.4, -0.2) is 53.1 Å². The van der Waals surface area contributed by atoms with Crippen LogP contribution >= 0.6 is 11.3 Å². The highest BCUT2D eigenvalue weighted by Crippen LogP contribution is 2.21. The summed E-state index contributed by atoms with van der Waals surface area (Å²) in [4.78, 5) is 18.2. The quantitative estimate of drug-likeness (QED) is 0.925. The van der Waals surface area contributed by atoms with Gasteiger partial charge in [-0.05, 0) is 24.5 Å². The molecule has 21 heavy (non-hydrogen) atoms. The Hall–Kier alpha value is -0.910. The maximum atomic E-state index is 11.5. The van der Waals surface area contributed by atoms with E-state index < -0.39 is 6.10 Å². The molecule has 0 unspecified atom stereocenters. The Morgan fingerprint density at radius 3 is 2.71 bits per heavy atom. The SMILES string of the molecule is CC(=O)N1CCN(Cc2ccc(CC(C)C)s2)C[C@@H](O)C1. The molecule has 0 bridgehead atoms. The molecule has 2 heterocycles. The Balaban J connectivity index is 1.93. The highest BCUT2D eigenvalue weighted by Gasteiger charge is 2.22. The maximum Gasteiger partial charge on any atom is 0.219 e. The van der Waals surface area contributed by atoms with Gasteiger partial charge in [0, 0.05) is 49.4 Å². The summed E-state index contributed by atoms with van der Waals surface area (Å²) in [7, 11) is 0. The predicted octanol–water partition coefficient (Wildman–Crippen LogP) is 1.97. The first-order chi connectivity index (χ1) is 9.94. The topological polar surface area (TPSA) is 43.8 Å². The van der Waals surface area contributed by atoms with Crippen LogP contribution < -0.4 is 0 Å². The smallest absolute Gasteiger partial charge is 0.219 e. The summed E-state index contributed by atoms with van der Waals surface area (Å²) in [6, 6.07) is 4.42. The molecular weight excluding hydrogens is 284 g/mol. The molecular formula is C16H26N2O2S. The monoisotopic (exact) mass is 310 g/mol. The van der Waals surface area contributed by atoms with Crippen molar-refractivity contribution in [2.45, 2.75) is 39.8 Å². The Labute approximate surface area is 131 Å². The van der Waals surface area contributed by atoms with Gasteiger partial charge in [-0.1, -0.05) is 13.8 Å². The Kier molecular flexibility index (Phi) is 5.79. The number of thiophene rings is 1. The molecule has 0 radical (unpaired) electrons. The third-order valence-electron chi connectivity index (χ3n) is 3.74. The summed E-state index contributed by atoms with van der Waals surface area (Å²) in [5.41, 5.74) is 0. The normalized spacial score (nSPS) is 20.8. The molecule has 1 aliphatic heterocycles. The first-order valence-electron chi connectivity index (χ1n) is 7.67. The van der Waals surface area contributed by atoms with Crippen molar-refractivity contribution in [2.24, 2.45) is 5.92 Å². The molecule has 1 saturated heterocycles. The van der Waals surface area contributed by atoms with Crippen molar-refractivity contribution in [3.05, 3.63) is 21.9 Å². The van der Waals surface area contributed by atoms with Crippen molar-refractivity contribution in [1.29, 1.82) is 0 Å². The van der Waals surface area contributed by atoms with Crippen molar-refractivity contribution in [1.82, 2.24) is 9.80 Å². The fourth-order valence-electron chi connectivity index (χ4n) is 2.72. The molecule has 1 amide bonds. The molecule has 1 N–H and O–H groups in total. The summed E-state index contributed by atoms with van der Waals surface area (Å²) >= 11 is 1.87. The van der Waals surface area contributed by atoms with Gasteiger partial charge in [0.2, 0.25) is 5.91 Å². The van der Waals surface area contributed by atoms with Crippen LogP contribution in [-0.2, 0) is 17.8 Å². The summed E-state index contributed by atoms with van der Waals surface area (Å²) in [6.07, 6.45) is 0.678. The first-order valence-corrected chi connectivity index (χ1v) is 8.49. The number of carbonyl (C=O) groups is 1. The van der Waals surface area contributed by atoms with Crippen molar-refractivity contribution in [2.75, 3.05) is 26.2 Å². The second-order valence-corrected chi connectivity index (χ2v) is 7.57. The second-order valence-electron chi connectivity index (χ2n) is 6.32. The van der Waals surface area contributed by atoms with Gasteiger partial charge in [0.1, 0.15) is 0 Å². The van der Waals surface area contributed by atoms with E-state index in [1.54, 1.807) is 11.8 Å². The lowest BCUT2D eigenvalue weighted by atomic mass is 10.1. The Morgan fingerprint density at radius 2 is 2.05 bits per heavy atom. The van der Waals surface area contributed by atoms with Crippen LogP contribution in [0.3, 0.4) is 0 Å². The van der Waals surface area contributed by atoms with Crippen molar-refractivity contribution in [3.63, 3.8) is 0 Å². The van der Waals surface area contributed by atoms with Crippen LogP contribution in [0.2, 0.25) is 0 Å². The molecule has 1 fully saturated rings. The van der Waals surface area contributed by atoms with Crippen molar-refractivity contribution < 1.29 is 9.90 Å². The van der Waals surface area contributed by atoms with Gasteiger partial charge in [0.05, 0.1) is 6.10 Å². The third-order valence-corrected chi connectivity index (χ3v) is 4.83. The van der Waals surface area contributed by atoms with E-state index >= 15 is 0 Å². The van der Waals surface area contributed by atoms with Crippen molar-refractivity contribution in [3.8, 4) is 0 Å². The zero-order valence-electron chi connectivity index (χ0n) is 13.2. The number of hydrogen-bond acceptors (Lipinski definition) is 4. The molecule has 1 aromatic heterocycles. The number of hydrogen-bond donors (Lipinski definition) is 1. The molecule has 1 aromatic rings. The number of β-amino-alcohol motifs (C(OH)–C–C–N with tert-alkyl or cyclic N) is 1. The minimum Gasteiger partial charge on any atom is -0.390 e. The molecule has 4 nitrogen and oxygen atoms in total. The minimum atomic E-state index is -0.452. The number of rotatable bonds is 4. The van der Waals surface area contributed by atoms with Gasteiger partial charge in [0.25, 0.3) is 0 Å². The number of amides is 1. The molecule has 118 valence electrons. The van der Waals surface area contributed by atoms with E-state index in [-0.39, 0.29) is 5.91 Å². The molecule has 2 rings (SSSR count). The molecule has 0 aromatic carbocycles. The number of aliphatic hydroxyl groups is 1. The van der Waals surface area contributed by atoms with Gasteiger partial charge in [-0.15, -0.1) is 11.3 Å². The van der Waals surface area contributed by atoms with Crippen LogP contribution in [0.5, 0.6) is 0 Å². The largest absolute Gasteiger partial charge is 0.390 e. The van der Waals surface area contributed by atoms with Crippen molar-refractivity contribution >= 4 is 17.2 Å². The van der Waals surface area contributed by atoms with E-state index in [0.29, 0.717) is 25.6 Å². The number of aliphatic hydroxyl groups excluding tert-OH is 1. The summed E-state index contributed by atoms with van der Waals surface area (Å²) < 4.78 is 0. The van der Waals surface area contributed by atoms with E-state index in [1.165, 1.54) is 9.75 Å². The Bertz CT molecular complexity index is 473. The molecule has 0 saturated carbocycles. The van der Waals surface area contributed by atoms with Crippen LogP contribution in [0.25, 0.3) is 0 Å². The van der Waals surface area contributed by atoms with E-state index in [4.69, 9.17) is 0 Å².